The highest BCUT2D eigenvalue weighted by Gasteiger charge is 2.18. The van der Waals surface area contributed by atoms with Crippen LogP contribution in [0.15, 0.2) is 29.2 Å². The van der Waals surface area contributed by atoms with E-state index in [4.69, 9.17) is 4.74 Å². The SMILES string of the molecule is CCOC(=O)c1ccc2[nH]c(=O)c3cnc(C(CC)CC)n3c2c1. The average Bonchev–Trinajstić information content (AvgIpc) is 3.02. The van der Waals surface area contributed by atoms with Gasteiger partial charge in [-0.25, -0.2) is 9.78 Å². The van der Waals surface area contributed by atoms with Gasteiger partial charge in [0.25, 0.3) is 5.56 Å². The van der Waals surface area contributed by atoms with Crippen LogP contribution < -0.4 is 5.56 Å². The Morgan fingerprint density at radius 3 is 2.67 bits per heavy atom. The van der Waals surface area contributed by atoms with Gasteiger partial charge in [-0.1, -0.05) is 13.8 Å². The molecule has 3 aromatic rings. The number of hydrogen-bond acceptors (Lipinski definition) is 4. The fourth-order valence-electron chi connectivity index (χ4n) is 3.07. The van der Waals surface area contributed by atoms with Crippen molar-refractivity contribution in [1.29, 1.82) is 0 Å². The lowest BCUT2D eigenvalue weighted by Gasteiger charge is -2.13. The Morgan fingerprint density at radius 1 is 1.25 bits per heavy atom. The fraction of sp³-hybridized carbons (Fsp3) is 0.389. The van der Waals surface area contributed by atoms with Crippen molar-refractivity contribution in [2.45, 2.75) is 39.5 Å². The molecule has 0 radical (unpaired) electrons. The predicted octanol–water partition coefficient (Wildman–Crippen LogP) is 3.26. The number of carbonyl (C=O) groups excluding carboxylic acids is 1. The van der Waals surface area contributed by atoms with Gasteiger partial charge in [-0.3, -0.25) is 9.20 Å². The summed E-state index contributed by atoms with van der Waals surface area (Å²) in [5, 5.41) is 0. The molecule has 2 heterocycles. The topological polar surface area (TPSA) is 76.5 Å². The Hall–Kier alpha value is -2.63. The molecule has 126 valence electrons. The van der Waals surface area contributed by atoms with Crippen LogP contribution in [0.5, 0.6) is 0 Å². The Morgan fingerprint density at radius 2 is 2.00 bits per heavy atom. The van der Waals surface area contributed by atoms with Crippen LogP contribution in [0.4, 0.5) is 0 Å². The summed E-state index contributed by atoms with van der Waals surface area (Å²) in [6.45, 7) is 6.31. The highest BCUT2D eigenvalue weighted by Crippen LogP contribution is 2.25. The molecule has 6 heteroatoms. The number of ether oxygens (including phenoxy) is 1. The van der Waals surface area contributed by atoms with Crippen LogP contribution >= 0.6 is 0 Å². The number of aromatic nitrogens is 3. The first-order chi connectivity index (χ1) is 11.6. The van der Waals surface area contributed by atoms with Gasteiger partial charge in [-0.05, 0) is 38.0 Å². The molecule has 3 rings (SSSR count). The lowest BCUT2D eigenvalue weighted by atomic mass is 10.0. The van der Waals surface area contributed by atoms with E-state index in [2.05, 4.69) is 23.8 Å². The molecular weight excluding hydrogens is 306 g/mol. The second kappa shape index (κ2) is 6.47. The van der Waals surface area contributed by atoms with Crippen molar-refractivity contribution in [3.05, 3.63) is 46.1 Å². The first-order valence-corrected chi connectivity index (χ1v) is 8.31. The van der Waals surface area contributed by atoms with Gasteiger partial charge < -0.3 is 9.72 Å². The smallest absolute Gasteiger partial charge is 0.338 e. The lowest BCUT2D eigenvalue weighted by Crippen LogP contribution is -2.13. The summed E-state index contributed by atoms with van der Waals surface area (Å²) in [4.78, 5) is 31.7. The van der Waals surface area contributed by atoms with E-state index in [1.165, 1.54) is 0 Å². The number of nitrogens with one attached hydrogen (secondary N) is 1. The molecule has 0 bridgehead atoms. The molecule has 0 atom stereocenters. The molecule has 0 saturated carbocycles. The maximum atomic E-state index is 12.3. The zero-order valence-electron chi connectivity index (χ0n) is 14.1. The first-order valence-electron chi connectivity index (χ1n) is 8.31. The summed E-state index contributed by atoms with van der Waals surface area (Å²) in [5.74, 6) is 0.735. The van der Waals surface area contributed by atoms with Crippen LogP contribution in [-0.4, -0.2) is 26.9 Å². The second-order valence-corrected chi connectivity index (χ2v) is 5.76. The van der Waals surface area contributed by atoms with Crippen LogP contribution in [0.1, 0.15) is 55.7 Å². The number of rotatable bonds is 5. The van der Waals surface area contributed by atoms with Gasteiger partial charge in [-0.15, -0.1) is 0 Å². The van der Waals surface area contributed by atoms with Crippen LogP contribution in [0.2, 0.25) is 0 Å². The van der Waals surface area contributed by atoms with Gasteiger partial charge in [0.05, 0.1) is 29.4 Å². The highest BCUT2D eigenvalue weighted by molar-refractivity contribution is 5.94. The summed E-state index contributed by atoms with van der Waals surface area (Å²) >= 11 is 0. The van der Waals surface area contributed by atoms with Crippen molar-refractivity contribution in [2.24, 2.45) is 0 Å². The molecule has 0 unspecified atom stereocenters. The summed E-state index contributed by atoms with van der Waals surface area (Å²) in [6.07, 6.45) is 3.46. The molecule has 0 aliphatic rings. The first kappa shape index (κ1) is 16.2. The van der Waals surface area contributed by atoms with Crippen molar-refractivity contribution in [2.75, 3.05) is 6.61 Å². The number of esters is 1. The van der Waals surface area contributed by atoms with Crippen LogP contribution in [0.3, 0.4) is 0 Å². The van der Waals surface area contributed by atoms with Crippen LogP contribution in [-0.2, 0) is 4.74 Å². The van der Waals surface area contributed by atoms with E-state index >= 15 is 0 Å². The zero-order chi connectivity index (χ0) is 17.3. The number of hydrogen-bond donors (Lipinski definition) is 1. The van der Waals surface area contributed by atoms with E-state index in [9.17, 15) is 9.59 Å². The molecule has 1 aromatic carbocycles. The Bertz CT molecular complexity index is 951. The third kappa shape index (κ3) is 2.58. The number of H-pyrrole nitrogens is 1. The zero-order valence-corrected chi connectivity index (χ0v) is 14.1. The maximum Gasteiger partial charge on any atom is 0.338 e. The molecule has 6 nitrogen and oxygen atoms in total. The van der Waals surface area contributed by atoms with Crippen molar-refractivity contribution in [3.63, 3.8) is 0 Å². The van der Waals surface area contributed by atoms with E-state index in [1.54, 1.807) is 31.3 Å². The molecule has 0 aliphatic heterocycles. The van der Waals surface area contributed by atoms with E-state index in [0.29, 0.717) is 23.2 Å². The quantitative estimate of drug-likeness (QED) is 0.730. The minimum absolute atomic E-state index is 0.184. The minimum Gasteiger partial charge on any atom is -0.462 e. The second-order valence-electron chi connectivity index (χ2n) is 5.76. The van der Waals surface area contributed by atoms with Gasteiger partial charge in [0.2, 0.25) is 0 Å². The van der Waals surface area contributed by atoms with E-state index in [-0.39, 0.29) is 17.4 Å². The van der Waals surface area contributed by atoms with Crippen molar-refractivity contribution in [3.8, 4) is 0 Å². The fourth-order valence-corrected chi connectivity index (χ4v) is 3.07. The Labute approximate surface area is 139 Å². The normalized spacial score (nSPS) is 11.5. The van der Waals surface area contributed by atoms with Crippen LogP contribution in [0, 0.1) is 0 Å². The minimum atomic E-state index is -0.372. The molecular formula is C18H21N3O3. The molecule has 0 amide bonds. The molecule has 0 aliphatic carbocycles. The maximum absolute atomic E-state index is 12.3. The van der Waals surface area contributed by atoms with Crippen molar-refractivity contribution >= 4 is 22.5 Å². The number of carbonyl (C=O) groups is 1. The average molecular weight is 327 g/mol. The molecule has 24 heavy (non-hydrogen) atoms. The Kier molecular flexibility index (Phi) is 4.38. The van der Waals surface area contributed by atoms with Gasteiger partial charge in [0, 0.05) is 5.92 Å². The van der Waals surface area contributed by atoms with E-state index in [0.717, 1.165) is 24.2 Å². The third-order valence-electron chi connectivity index (χ3n) is 4.37. The largest absolute Gasteiger partial charge is 0.462 e. The molecule has 0 fully saturated rings. The van der Waals surface area contributed by atoms with Crippen molar-refractivity contribution < 1.29 is 9.53 Å². The number of nitrogens with zero attached hydrogens (tertiary/aromatic N) is 2. The number of fused-ring (bicyclic) bond motifs is 3. The summed E-state index contributed by atoms with van der Waals surface area (Å²) < 4.78 is 6.95. The lowest BCUT2D eigenvalue weighted by molar-refractivity contribution is 0.0526. The van der Waals surface area contributed by atoms with Crippen LogP contribution in [0.25, 0.3) is 16.6 Å². The number of benzene rings is 1. The molecule has 0 saturated heterocycles. The molecule has 1 N–H and O–H groups in total. The number of imidazole rings is 1. The van der Waals surface area contributed by atoms with Crippen molar-refractivity contribution in [1.82, 2.24) is 14.4 Å². The molecule has 2 aromatic heterocycles. The number of aromatic amines is 1. The van der Waals surface area contributed by atoms with E-state index < -0.39 is 0 Å². The summed E-state index contributed by atoms with van der Waals surface area (Å²) in [7, 11) is 0. The summed E-state index contributed by atoms with van der Waals surface area (Å²) in [5.41, 5.74) is 2.20. The highest BCUT2D eigenvalue weighted by atomic mass is 16.5. The third-order valence-corrected chi connectivity index (χ3v) is 4.37. The van der Waals surface area contributed by atoms with Gasteiger partial charge in [0.1, 0.15) is 11.3 Å². The van der Waals surface area contributed by atoms with Gasteiger partial charge >= 0.3 is 5.97 Å². The monoisotopic (exact) mass is 327 g/mol. The summed E-state index contributed by atoms with van der Waals surface area (Å²) in [6, 6.07) is 5.15. The van der Waals surface area contributed by atoms with E-state index in [1.807, 2.05) is 4.40 Å². The van der Waals surface area contributed by atoms with Gasteiger partial charge in [-0.2, -0.15) is 0 Å². The predicted molar refractivity (Wildman–Crippen MR) is 92.6 cm³/mol. The molecule has 0 spiro atoms. The van der Waals surface area contributed by atoms with Gasteiger partial charge in [0.15, 0.2) is 0 Å². The Balaban J connectivity index is 2.33. The standard InChI is InChI=1S/C18H21N3O3/c1-4-11(5-2)16-19-10-15-17(22)20-13-8-7-12(18(23)24-6-3)9-14(13)21(15)16/h7-11H,4-6H2,1-3H3,(H,20,22).